The molecule has 2 atom stereocenters. The molecule has 1 saturated heterocycles. The Morgan fingerprint density at radius 1 is 1.37 bits per heavy atom. The van der Waals surface area contributed by atoms with E-state index in [-0.39, 0.29) is 6.04 Å². The molecule has 0 aromatic carbocycles. The molecule has 1 aliphatic rings. The van der Waals surface area contributed by atoms with Gasteiger partial charge in [0.1, 0.15) is 0 Å². The monoisotopic (exact) mass is 290 g/mol. The van der Waals surface area contributed by atoms with Crippen molar-refractivity contribution in [2.24, 2.45) is 5.92 Å². The van der Waals surface area contributed by atoms with E-state index in [2.05, 4.69) is 24.5 Å². The molecule has 5 heteroatoms. The van der Waals surface area contributed by atoms with Crippen LogP contribution in [0.1, 0.15) is 46.0 Å². The van der Waals surface area contributed by atoms with Crippen LogP contribution in [0.15, 0.2) is 0 Å². The summed E-state index contributed by atoms with van der Waals surface area (Å²) in [5, 5.41) is 6.78. The van der Waals surface area contributed by atoms with Gasteiger partial charge in [0, 0.05) is 12.6 Å². The first kappa shape index (κ1) is 16.9. The molecule has 0 saturated carbocycles. The molecule has 4 nitrogen and oxygen atoms in total. The molecule has 0 aliphatic carbocycles. The number of nitrogens with one attached hydrogen (secondary N) is 2. The molecule has 0 spiro atoms. The summed E-state index contributed by atoms with van der Waals surface area (Å²) in [5.41, 5.74) is 0. The predicted molar refractivity (Wildman–Crippen MR) is 81.2 cm³/mol. The Hall–Kier alpha value is -0.130. The molecule has 19 heavy (non-hydrogen) atoms. The van der Waals surface area contributed by atoms with Crippen LogP contribution < -0.4 is 10.6 Å². The van der Waals surface area contributed by atoms with Gasteiger partial charge in [-0.3, -0.25) is 0 Å². The number of sulfone groups is 1. The Labute approximate surface area is 118 Å². The van der Waals surface area contributed by atoms with Crippen LogP contribution in [0.25, 0.3) is 0 Å². The molecule has 1 fully saturated rings. The standard InChI is InChI=1S/C14H30N2O2S/c1-3-5-6-13(4-2)11-15-8-7-14-12-19(17,18)10-9-16-14/h13-16H,3-12H2,1-2H3. The zero-order chi connectivity index (χ0) is 14.1. The minimum atomic E-state index is -2.79. The Bertz CT molecular complexity index is 330. The third kappa shape index (κ3) is 7.28. The molecule has 2 unspecified atom stereocenters. The summed E-state index contributed by atoms with van der Waals surface area (Å²) < 4.78 is 23.0. The highest BCUT2D eigenvalue weighted by molar-refractivity contribution is 7.91. The molecule has 114 valence electrons. The van der Waals surface area contributed by atoms with Crippen LogP contribution in [0.4, 0.5) is 0 Å². The van der Waals surface area contributed by atoms with E-state index in [0.717, 1.165) is 25.4 Å². The normalized spacial score (nSPS) is 24.2. The van der Waals surface area contributed by atoms with Crippen molar-refractivity contribution < 1.29 is 8.42 Å². The minimum Gasteiger partial charge on any atom is -0.316 e. The van der Waals surface area contributed by atoms with Crippen molar-refractivity contribution in [3.05, 3.63) is 0 Å². The van der Waals surface area contributed by atoms with Crippen molar-refractivity contribution in [2.45, 2.75) is 52.0 Å². The van der Waals surface area contributed by atoms with Crippen LogP contribution in [0.3, 0.4) is 0 Å². The van der Waals surface area contributed by atoms with E-state index in [4.69, 9.17) is 0 Å². The first-order valence-electron chi connectivity index (χ1n) is 7.72. The van der Waals surface area contributed by atoms with Gasteiger partial charge in [-0.05, 0) is 31.8 Å². The van der Waals surface area contributed by atoms with Gasteiger partial charge in [0.05, 0.1) is 11.5 Å². The molecule has 1 heterocycles. The summed E-state index contributed by atoms with van der Waals surface area (Å²) in [6.45, 7) is 7.07. The van der Waals surface area contributed by atoms with Crippen LogP contribution in [0.5, 0.6) is 0 Å². The second kappa shape index (κ2) is 8.93. The van der Waals surface area contributed by atoms with Gasteiger partial charge in [0.25, 0.3) is 0 Å². The van der Waals surface area contributed by atoms with Crippen LogP contribution in [0, 0.1) is 5.92 Å². The molecule has 0 aromatic rings. The Balaban J connectivity index is 2.12. The quantitative estimate of drug-likeness (QED) is 0.633. The molecular weight excluding hydrogens is 260 g/mol. The predicted octanol–water partition coefficient (Wildman–Crippen LogP) is 1.57. The lowest BCUT2D eigenvalue weighted by atomic mass is 9.99. The second-order valence-corrected chi connectivity index (χ2v) is 7.90. The topological polar surface area (TPSA) is 58.2 Å². The fourth-order valence-corrected chi connectivity index (χ4v) is 4.07. The van der Waals surface area contributed by atoms with Crippen LogP contribution in [0.2, 0.25) is 0 Å². The van der Waals surface area contributed by atoms with Crippen LogP contribution in [-0.2, 0) is 9.84 Å². The highest BCUT2D eigenvalue weighted by Crippen LogP contribution is 2.11. The molecule has 2 N–H and O–H groups in total. The summed E-state index contributed by atoms with van der Waals surface area (Å²) in [5.74, 6) is 1.37. The first-order valence-corrected chi connectivity index (χ1v) is 9.54. The Morgan fingerprint density at radius 2 is 2.16 bits per heavy atom. The minimum absolute atomic E-state index is 0.141. The van der Waals surface area contributed by atoms with Gasteiger partial charge in [-0.15, -0.1) is 0 Å². The maximum Gasteiger partial charge on any atom is 0.153 e. The number of rotatable bonds is 9. The maximum atomic E-state index is 11.5. The lowest BCUT2D eigenvalue weighted by molar-refractivity contribution is 0.406. The van der Waals surface area contributed by atoms with Gasteiger partial charge in [-0.25, -0.2) is 8.42 Å². The molecule has 1 rings (SSSR count). The first-order chi connectivity index (χ1) is 9.07. The van der Waals surface area contributed by atoms with Crippen molar-refractivity contribution in [3.8, 4) is 0 Å². The van der Waals surface area contributed by atoms with Crippen molar-refractivity contribution in [3.63, 3.8) is 0 Å². The van der Waals surface area contributed by atoms with E-state index >= 15 is 0 Å². The van der Waals surface area contributed by atoms with E-state index in [1.807, 2.05) is 0 Å². The molecular formula is C14H30N2O2S. The fraction of sp³-hybridized carbons (Fsp3) is 1.00. The molecule has 0 radical (unpaired) electrons. The molecule has 0 amide bonds. The third-order valence-corrected chi connectivity index (χ3v) is 5.68. The van der Waals surface area contributed by atoms with Crippen LogP contribution >= 0.6 is 0 Å². The van der Waals surface area contributed by atoms with Crippen molar-refractivity contribution >= 4 is 9.84 Å². The molecule has 1 aliphatic heterocycles. The van der Waals surface area contributed by atoms with E-state index in [1.165, 1.54) is 25.7 Å². The van der Waals surface area contributed by atoms with Crippen LogP contribution in [-0.4, -0.2) is 45.6 Å². The van der Waals surface area contributed by atoms with Gasteiger partial charge in [0.2, 0.25) is 0 Å². The van der Waals surface area contributed by atoms with Gasteiger partial charge in [0.15, 0.2) is 9.84 Å². The van der Waals surface area contributed by atoms with E-state index in [0.29, 0.717) is 18.1 Å². The van der Waals surface area contributed by atoms with Gasteiger partial charge >= 0.3 is 0 Å². The average molecular weight is 290 g/mol. The second-order valence-electron chi connectivity index (χ2n) is 5.67. The number of unbranched alkanes of at least 4 members (excludes halogenated alkanes) is 1. The summed E-state index contributed by atoms with van der Waals surface area (Å²) in [7, 11) is -2.79. The summed E-state index contributed by atoms with van der Waals surface area (Å²) in [6.07, 6.45) is 6.01. The summed E-state index contributed by atoms with van der Waals surface area (Å²) >= 11 is 0. The lowest BCUT2D eigenvalue weighted by Crippen LogP contribution is -2.46. The fourth-order valence-electron chi connectivity index (χ4n) is 2.58. The van der Waals surface area contributed by atoms with Crippen molar-refractivity contribution in [1.82, 2.24) is 10.6 Å². The van der Waals surface area contributed by atoms with Gasteiger partial charge < -0.3 is 10.6 Å². The smallest absolute Gasteiger partial charge is 0.153 e. The Kier molecular flexibility index (Phi) is 7.95. The third-order valence-electron chi connectivity index (χ3n) is 3.95. The SMILES string of the molecule is CCCCC(CC)CNCCC1CS(=O)(=O)CCN1. The maximum absolute atomic E-state index is 11.5. The van der Waals surface area contributed by atoms with Gasteiger partial charge in [-0.1, -0.05) is 33.1 Å². The van der Waals surface area contributed by atoms with Gasteiger partial charge in [-0.2, -0.15) is 0 Å². The average Bonchev–Trinajstić information content (AvgIpc) is 2.37. The summed E-state index contributed by atoms with van der Waals surface area (Å²) in [4.78, 5) is 0. The number of hydrogen-bond donors (Lipinski definition) is 2. The highest BCUT2D eigenvalue weighted by Gasteiger charge is 2.23. The zero-order valence-electron chi connectivity index (χ0n) is 12.5. The molecule has 0 bridgehead atoms. The molecule has 0 aromatic heterocycles. The van der Waals surface area contributed by atoms with Crippen molar-refractivity contribution in [1.29, 1.82) is 0 Å². The Morgan fingerprint density at radius 3 is 2.79 bits per heavy atom. The van der Waals surface area contributed by atoms with E-state index < -0.39 is 9.84 Å². The zero-order valence-corrected chi connectivity index (χ0v) is 13.3. The lowest BCUT2D eigenvalue weighted by Gasteiger charge is -2.24. The number of hydrogen-bond acceptors (Lipinski definition) is 4. The van der Waals surface area contributed by atoms with E-state index in [9.17, 15) is 8.42 Å². The van der Waals surface area contributed by atoms with Crippen molar-refractivity contribution in [2.75, 3.05) is 31.1 Å². The summed E-state index contributed by atoms with van der Waals surface area (Å²) in [6, 6.07) is 0.141. The largest absolute Gasteiger partial charge is 0.316 e. The van der Waals surface area contributed by atoms with E-state index in [1.54, 1.807) is 0 Å². The highest BCUT2D eigenvalue weighted by atomic mass is 32.2.